The van der Waals surface area contributed by atoms with E-state index in [4.69, 9.17) is 0 Å². The van der Waals surface area contributed by atoms with E-state index in [2.05, 4.69) is 44.4 Å². The van der Waals surface area contributed by atoms with Crippen LogP contribution in [0.5, 0.6) is 0 Å². The van der Waals surface area contributed by atoms with E-state index in [1.165, 1.54) is 8.93 Å². The van der Waals surface area contributed by atoms with Crippen molar-refractivity contribution in [2.24, 2.45) is 0 Å². The van der Waals surface area contributed by atoms with Gasteiger partial charge in [-0.15, -0.1) is 0 Å². The molecule has 0 spiro atoms. The minimum absolute atomic E-state index is 0.164. The van der Waals surface area contributed by atoms with E-state index in [0.717, 1.165) is 40.0 Å². The smallest absolute Gasteiger partial charge is 0.132 e. The maximum absolute atomic E-state index is 14.4. The van der Waals surface area contributed by atoms with E-state index in [0.29, 0.717) is 5.39 Å². The average molecular weight is 397 g/mol. The first-order chi connectivity index (χ1) is 9.70. The number of fused-ring (bicyclic) bond motifs is 1. The second kappa shape index (κ2) is 5.85. The number of rotatable bonds is 2. The van der Waals surface area contributed by atoms with Gasteiger partial charge in [0.2, 0.25) is 0 Å². The normalized spacial score (nSPS) is 14.7. The van der Waals surface area contributed by atoms with Crippen LogP contribution in [0.15, 0.2) is 41.5 Å². The summed E-state index contributed by atoms with van der Waals surface area (Å²) in [5.41, 5.74) is 2.91. The summed E-state index contributed by atoms with van der Waals surface area (Å²) in [4.78, 5) is 5.47. The number of hydrogen-bond donors (Lipinski definition) is 0. The number of pyridine rings is 1. The predicted molar refractivity (Wildman–Crippen MR) is 92.7 cm³/mol. The lowest BCUT2D eigenvalue weighted by molar-refractivity contribution is 0.636. The Balaban J connectivity index is 2.23. The van der Waals surface area contributed by atoms with Gasteiger partial charge in [-0.05, 0) is 43.0 Å². The molecule has 1 aromatic carbocycles. The number of hydrogen-bond acceptors (Lipinski definition) is 2. The third kappa shape index (κ3) is 2.51. The van der Waals surface area contributed by atoms with E-state index in [1.807, 2.05) is 13.0 Å². The number of aryl methyl sites for hydroxylation is 1. The van der Waals surface area contributed by atoms with Gasteiger partial charge in [-0.3, -0.25) is 4.98 Å². The number of allylic oxidation sites excluding steroid dienone is 4. The maximum Gasteiger partial charge on any atom is 0.132 e. The molecule has 1 aromatic heterocycles. The zero-order chi connectivity index (χ0) is 14.1. The van der Waals surface area contributed by atoms with Gasteiger partial charge < -0.3 is 0 Å². The highest BCUT2D eigenvalue weighted by molar-refractivity contribution is 14.2. The van der Waals surface area contributed by atoms with Gasteiger partial charge in [0.1, 0.15) is 5.82 Å². The summed E-state index contributed by atoms with van der Waals surface area (Å²) < 4.78 is 14.4. The molecule has 0 radical (unpaired) electrons. The predicted octanol–water partition coefficient (Wildman–Crippen LogP) is 5.86. The number of nitrogens with zero attached hydrogens (tertiary/aromatic N) is 1. The largest absolute Gasteiger partial charge is 0.255 e. The van der Waals surface area contributed by atoms with Crippen LogP contribution in [0, 0.1) is 12.7 Å². The van der Waals surface area contributed by atoms with Gasteiger partial charge >= 0.3 is 0 Å². The molecule has 0 saturated heterocycles. The lowest BCUT2D eigenvalue weighted by Gasteiger charge is -2.12. The molecule has 0 amide bonds. The Morgan fingerprint density at radius 1 is 1.30 bits per heavy atom. The lowest BCUT2D eigenvalue weighted by atomic mass is 9.97. The van der Waals surface area contributed by atoms with Crippen molar-refractivity contribution in [1.82, 2.24) is 4.98 Å². The van der Waals surface area contributed by atoms with Crippen molar-refractivity contribution < 1.29 is 4.39 Å². The molecule has 2 aromatic rings. The van der Waals surface area contributed by atoms with Gasteiger partial charge in [0.05, 0.1) is 5.69 Å². The fourth-order valence-electron chi connectivity index (χ4n) is 2.57. The zero-order valence-electron chi connectivity index (χ0n) is 11.0. The van der Waals surface area contributed by atoms with E-state index in [-0.39, 0.29) is 5.82 Å². The molecule has 20 heavy (non-hydrogen) atoms. The Labute approximate surface area is 133 Å². The van der Waals surface area contributed by atoms with Gasteiger partial charge in [-0.2, -0.15) is 0 Å². The van der Waals surface area contributed by atoms with Gasteiger partial charge in [0, 0.05) is 43.1 Å². The Morgan fingerprint density at radius 2 is 2.15 bits per heavy atom. The topological polar surface area (TPSA) is 12.9 Å². The third-order valence-corrected chi connectivity index (χ3v) is 5.45. The summed E-state index contributed by atoms with van der Waals surface area (Å²) in [6.45, 7) is 1.95. The van der Waals surface area contributed by atoms with Crippen molar-refractivity contribution in [3.8, 4) is 0 Å². The van der Waals surface area contributed by atoms with E-state index < -0.39 is 0 Å². The van der Waals surface area contributed by atoms with Crippen LogP contribution in [0.25, 0.3) is 16.3 Å². The molecule has 0 fully saturated rings. The highest BCUT2D eigenvalue weighted by atomic mass is 127. The highest BCUT2D eigenvalue weighted by Gasteiger charge is 2.13. The van der Waals surface area contributed by atoms with Crippen molar-refractivity contribution in [3.05, 3.63) is 53.6 Å². The number of benzene rings is 1. The van der Waals surface area contributed by atoms with Gasteiger partial charge in [-0.1, -0.05) is 27.2 Å². The van der Waals surface area contributed by atoms with Crippen molar-refractivity contribution in [1.29, 1.82) is 0 Å². The molecule has 1 aliphatic carbocycles. The summed E-state index contributed by atoms with van der Waals surface area (Å²) >= 11 is 2.16. The van der Waals surface area contributed by atoms with Crippen molar-refractivity contribution >= 4 is 46.5 Å². The average Bonchev–Trinajstić information content (AvgIpc) is 2.48. The molecule has 0 N–H and O–H groups in total. The van der Waals surface area contributed by atoms with Crippen LogP contribution in [0.2, 0.25) is 0 Å². The SMILES string of the molecule is Cc1c(C2=CCCC=C2)ncc2cc(SI)cc(F)c12. The quantitative estimate of drug-likeness (QED) is 0.589. The minimum Gasteiger partial charge on any atom is -0.255 e. The Bertz CT molecular complexity index is 737. The molecule has 3 rings (SSSR count). The van der Waals surface area contributed by atoms with Crippen LogP contribution in [0.4, 0.5) is 4.39 Å². The molecular weight excluding hydrogens is 384 g/mol. The summed E-state index contributed by atoms with van der Waals surface area (Å²) in [6, 6.07) is 3.59. The van der Waals surface area contributed by atoms with Gasteiger partial charge in [0.15, 0.2) is 0 Å². The molecule has 4 heteroatoms. The molecule has 1 aliphatic rings. The monoisotopic (exact) mass is 397 g/mol. The molecule has 0 aliphatic heterocycles. The van der Waals surface area contributed by atoms with Crippen molar-refractivity contribution in [3.63, 3.8) is 0 Å². The molecule has 0 bridgehead atoms. The maximum atomic E-state index is 14.4. The first-order valence-electron chi connectivity index (χ1n) is 6.45. The number of halogens is 2. The Morgan fingerprint density at radius 3 is 2.85 bits per heavy atom. The first kappa shape index (κ1) is 14.1. The van der Waals surface area contributed by atoms with E-state index in [9.17, 15) is 4.39 Å². The van der Waals surface area contributed by atoms with Crippen LogP contribution in [-0.4, -0.2) is 4.98 Å². The van der Waals surface area contributed by atoms with Gasteiger partial charge in [-0.25, -0.2) is 4.39 Å². The van der Waals surface area contributed by atoms with Crippen molar-refractivity contribution in [2.75, 3.05) is 0 Å². The minimum atomic E-state index is -0.164. The van der Waals surface area contributed by atoms with Crippen LogP contribution in [-0.2, 0) is 0 Å². The third-order valence-electron chi connectivity index (χ3n) is 3.51. The summed E-state index contributed by atoms with van der Waals surface area (Å²) in [7, 11) is 1.52. The summed E-state index contributed by atoms with van der Waals surface area (Å²) in [6.07, 6.45) is 10.3. The Kier molecular flexibility index (Phi) is 4.12. The number of aromatic nitrogens is 1. The molecular formula is C16H13FINS. The van der Waals surface area contributed by atoms with Crippen molar-refractivity contribution in [2.45, 2.75) is 24.7 Å². The second-order valence-corrected chi connectivity index (χ2v) is 6.76. The molecule has 0 atom stereocenters. The summed E-state index contributed by atoms with van der Waals surface area (Å²) in [5.74, 6) is -0.164. The van der Waals surface area contributed by atoms with E-state index in [1.54, 1.807) is 12.3 Å². The summed E-state index contributed by atoms with van der Waals surface area (Å²) in [5, 5.41) is 1.55. The van der Waals surface area contributed by atoms with Crippen LogP contribution in [0.1, 0.15) is 24.1 Å². The molecule has 1 heterocycles. The first-order valence-corrected chi connectivity index (χ1v) is 9.81. The molecule has 0 saturated carbocycles. The van der Waals surface area contributed by atoms with Crippen LogP contribution < -0.4 is 0 Å². The standard InChI is InChI=1S/C16H13FINS/c1-10-15-12(7-13(20-18)8-14(15)17)9-19-16(10)11-5-3-2-4-6-11/h3,5-9H,2,4H2,1H3. The zero-order valence-corrected chi connectivity index (χ0v) is 14.0. The Hall–Kier alpha value is -0.880. The van der Waals surface area contributed by atoms with Gasteiger partial charge in [0.25, 0.3) is 0 Å². The molecule has 102 valence electrons. The highest BCUT2D eigenvalue weighted by Crippen LogP contribution is 2.33. The fourth-order valence-corrected chi connectivity index (χ4v) is 3.66. The lowest BCUT2D eigenvalue weighted by Crippen LogP contribution is -1.97. The fraction of sp³-hybridized carbons (Fsp3) is 0.188. The van der Waals surface area contributed by atoms with Crippen LogP contribution in [0.3, 0.4) is 0 Å². The molecule has 0 unspecified atom stereocenters. The second-order valence-electron chi connectivity index (χ2n) is 4.82. The van der Waals surface area contributed by atoms with E-state index >= 15 is 0 Å². The molecule has 1 nitrogen and oxygen atoms in total. The van der Waals surface area contributed by atoms with Crippen LogP contribution >= 0.6 is 30.1 Å².